The van der Waals surface area contributed by atoms with Crippen LogP contribution in [0.3, 0.4) is 0 Å². The lowest BCUT2D eigenvalue weighted by Gasteiger charge is -2.18. The predicted octanol–water partition coefficient (Wildman–Crippen LogP) is 1.23. The zero-order valence-electron chi connectivity index (χ0n) is 6.25. The first-order chi connectivity index (χ1) is 5.36. The molecule has 2 radical (unpaired) electrons. The van der Waals surface area contributed by atoms with E-state index in [2.05, 4.69) is 18.6 Å². The van der Waals surface area contributed by atoms with E-state index in [1.54, 1.807) is 0 Å². The van der Waals surface area contributed by atoms with Crippen LogP contribution in [-0.4, -0.2) is 11.2 Å². The summed E-state index contributed by atoms with van der Waals surface area (Å²) in [5.74, 6) is 0. The maximum absolute atomic E-state index is 9.24. The van der Waals surface area contributed by atoms with Gasteiger partial charge in [0.2, 0.25) is 0 Å². The van der Waals surface area contributed by atoms with Crippen molar-refractivity contribution in [3.05, 3.63) is 41.8 Å². The van der Waals surface area contributed by atoms with Gasteiger partial charge >= 0.3 is 0 Å². The predicted molar refractivity (Wildman–Crippen MR) is 43.1 cm³/mol. The lowest BCUT2D eigenvalue weighted by atomic mass is 9.90. The Morgan fingerprint density at radius 3 is 2.82 bits per heavy atom. The molecule has 1 unspecified atom stereocenters. The topological polar surface area (TPSA) is 20.2 Å². The van der Waals surface area contributed by atoms with Crippen molar-refractivity contribution >= 4 is 0 Å². The summed E-state index contributed by atoms with van der Waals surface area (Å²) in [5.41, 5.74) is 2.57. The summed E-state index contributed by atoms with van der Waals surface area (Å²) in [7, 11) is 0. The van der Waals surface area contributed by atoms with Crippen molar-refractivity contribution in [2.75, 3.05) is 0 Å². The Hall–Kier alpha value is -0.820. The second-order valence-corrected chi connectivity index (χ2v) is 2.87. The Balaban J connectivity index is 2.34. The van der Waals surface area contributed by atoms with Gasteiger partial charge in [0.1, 0.15) is 0 Å². The highest BCUT2D eigenvalue weighted by Crippen LogP contribution is 2.19. The molecule has 0 amide bonds. The third-order valence-electron chi connectivity index (χ3n) is 2.06. The van der Waals surface area contributed by atoms with E-state index < -0.39 is 0 Å². The van der Waals surface area contributed by atoms with Gasteiger partial charge in [-0.15, -0.1) is 0 Å². The molecule has 1 aliphatic carbocycles. The first kappa shape index (κ1) is 6.86. The Morgan fingerprint density at radius 2 is 2.00 bits per heavy atom. The van der Waals surface area contributed by atoms with Gasteiger partial charge in [0.15, 0.2) is 0 Å². The minimum absolute atomic E-state index is 0.357. The van der Waals surface area contributed by atoms with Gasteiger partial charge < -0.3 is 5.11 Å². The summed E-state index contributed by atoms with van der Waals surface area (Å²) >= 11 is 0. The fourth-order valence-electron chi connectivity index (χ4n) is 1.44. The van der Waals surface area contributed by atoms with E-state index in [9.17, 15) is 5.11 Å². The summed E-state index contributed by atoms with van der Waals surface area (Å²) in [4.78, 5) is 0. The van der Waals surface area contributed by atoms with E-state index in [0.29, 0.717) is 0 Å². The van der Waals surface area contributed by atoms with Crippen molar-refractivity contribution < 1.29 is 5.11 Å². The lowest BCUT2D eigenvalue weighted by Crippen LogP contribution is -2.18. The highest BCUT2D eigenvalue weighted by molar-refractivity contribution is 5.32. The number of benzene rings is 1. The summed E-state index contributed by atoms with van der Waals surface area (Å²) in [6.07, 6.45) is 4.16. The fraction of sp³-hybridized carbons (Fsp3) is 0.300. The molecule has 1 N–H and O–H groups in total. The molecule has 0 bridgehead atoms. The quantitative estimate of drug-likeness (QED) is 0.583. The van der Waals surface area contributed by atoms with Crippen LogP contribution in [0.2, 0.25) is 0 Å². The van der Waals surface area contributed by atoms with E-state index in [1.165, 1.54) is 11.1 Å². The SMILES string of the molecule is OC1[C]Cc2ccccc2C1. The molecule has 2 rings (SSSR count). The molecule has 1 nitrogen and oxygen atoms in total. The third-order valence-corrected chi connectivity index (χ3v) is 2.06. The summed E-state index contributed by atoms with van der Waals surface area (Å²) in [5, 5.41) is 9.24. The van der Waals surface area contributed by atoms with Crippen LogP contribution < -0.4 is 0 Å². The van der Waals surface area contributed by atoms with Crippen LogP contribution in [0.1, 0.15) is 11.1 Å². The maximum Gasteiger partial charge on any atom is 0.0653 e. The molecule has 0 heterocycles. The van der Waals surface area contributed by atoms with Gasteiger partial charge in [-0.3, -0.25) is 0 Å². The molecule has 1 aliphatic rings. The van der Waals surface area contributed by atoms with Gasteiger partial charge in [-0.25, -0.2) is 0 Å². The average molecular weight is 146 g/mol. The van der Waals surface area contributed by atoms with E-state index in [-0.39, 0.29) is 6.10 Å². The zero-order chi connectivity index (χ0) is 7.68. The average Bonchev–Trinajstić information content (AvgIpc) is 2.04. The Labute approximate surface area is 66.7 Å². The third kappa shape index (κ3) is 1.29. The van der Waals surface area contributed by atoms with E-state index in [4.69, 9.17) is 0 Å². The summed E-state index contributed by atoms with van der Waals surface area (Å²) in [6.45, 7) is 0. The van der Waals surface area contributed by atoms with Crippen molar-refractivity contribution in [3.63, 3.8) is 0 Å². The number of aliphatic hydroxyl groups is 1. The summed E-state index contributed by atoms with van der Waals surface area (Å²) < 4.78 is 0. The van der Waals surface area contributed by atoms with Gasteiger partial charge in [-0.1, -0.05) is 24.3 Å². The molecule has 0 aromatic heterocycles. The molecule has 56 valence electrons. The molecule has 0 fully saturated rings. The molecule has 0 saturated carbocycles. The maximum atomic E-state index is 9.24. The Morgan fingerprint density at radius 1 is 1.27 bits per heavy atom. The molecular formula is C10H10O. The molecule has 0 aliphatic heterocycles. The van der Waals surface area contributed by atoms with Gasteiger partial charge in [-0.05, 0) is 24.0 Å². The molecule has 1 aromatic carbocycles. The van der Waals surface area contributed by atoms with Crippen LogP contribution in [0.25, 0.3) is 0 Å². The number of hydrogen-bond donors (Lipinski definition) is 1. The van der Waals surface area contributed by atoms with Crippen molar-refractivity contribution in [2.45, 2.75) is 18.9 Å². The molecule has 0 spiro atoms. The number of fused-ring (bicyclic) bond motifs is 1. The molecular weight excluding hydrogens is 136 g/mol. The Bertz CT molecular complexity index is 255. The van der Waals surface area contributed by atoms with Crippen molar-refractivity contribution in [2.24, 2.45) is 0 Å². The van der Waals surface area contributed by atoms with Crippen LogP contribution >= 0.6 is 0 Å². The van der Waals surface area contributed by atoms with E-state index >= 15 is 0 Å². The number of hydrogen-bond acceptors (Lipinski definition) is 1. The highest BCUT2D eigenvalue weighted by atomic mass is 16.3. The summed E-state index contributed by atoms with van der Waals surface area (Å²) in [6, 6.07) is 8.20. The normalized spacial score (nSPS) is 22.8. The van der Waals surface area contributed by atoms with Gasteiger partial charge in [0.05, 0.1) is 6.10 Å². The number of aliphatic hydroxyl groups excluding tert-OH is 1. The largest absolute Gasteiger partial charge is 0.392 e. The van der Waals surface area contributed by atoms with Gasteiger partial charge in [0.25, 0.3) is 0 Å². The second kappa shape index (κ2) is 2.67. The van der Waals surface area contributed by atoms with Gasteiger partial charge in [0, 0.05) is 6.42 Å². The Kier molecular flexibility index (Phi) is 1.66. The van der Waals surface area contributed by atoms with Crippen molar-refractivity contribution in [1.29, 1.82) is 0 Å². The van der Waals surface area contributed by atoms with Crippen molar-refractivity contribution in [1.82, 2.24) is 0 Å². The van der Waals surface area contributed by atoms with E-state index in [0.717, 1.165) is 12.8 Å². The number of rotatable bonds is 0. The first-order valence-electron chi connectivity index (χ1n) is 3.84. The second-order valence-electron chi connectivity index (χ2n) is 2.87. The highest BCUT2D eigenvalue weighted by Gasteiger charge is 2.15. The molecule has 0 saturated heterocycles. The first-order valence-corrected chi connectivity index (χ1v) is 3.84. The van der Waals surface area contributed by atoms with E-state index in [1.807, 2.05) is 12.1 Å². The van der Waals surface area contributed by atoms with Crippen molar-refractivity contribution in [3.8, 4) is 0 Å². The van der Waals surface area contributed by atoms with Crippen LogP contribution in [-0.2, 0) is 12.8 Å². The lowest BCUT2D eigenvalue weighted by molar-refractivity contribution is 0.200. The van der Waals surface area contributed by atoms with Gasteiger partial charge in [-0.2, -0.15) is 0 Å². The van der Waals surface area contributed by atoms with Crippen LogP contribution in [0.15, 0.2) is 24.3 Å². The monoisotopic (exact) mass is 146 g/mol. The minimum atomic E-state index is -0.357. The molecule has 1 aromatic rings. The minimum Gasteiger partial charge on any atom is -0.392 e. The molecule has 1 atom stereocenters. The zero-order valence-corrected chi connectivity index (χ0v) is 6.25. The van der Waals surface area contributed by atoms with Crippen LogP contribution in [0, 0.1) is 6.42 Å². The standard InChI is InChI=1S/C10H10O/c11-10-6-5-8-3-1-2-4-9(8)7-10/h1-4,10-11H,5,7H2. The molecule has 1 heteroatoms. The smallest absolute Gasteiger partial charge is 0.0653 e. The molecule has 11 heavy (non-hydrogen) atoms. The van der Waals surface area contributed by atoms with Crippen LogP contribution in [0.4, 0.5) is 0 Å². The van der Waals surface area contributed by atoms with Crippen LogP contribution in [0.5, 0.6) is 0 Å². The fourth-order valence-corrected chi connectivity index (χ4v) is 1.44.